The maximum absolute atomic E-state index is 3.22. The van der Waals surface area contributed by atoms with E-state index in [9.17, 15) is 0 Å². The summed E-state index contributed by atoms with van der Waals surface area (Å²) in [6.45, 7) is 0. The molecule has 0 amide bonds. The molecule has 2 aliphatic rings. The van der Waals surface area contributed by atoms with Crippen molar-refractivity contribution in [1.29, 1.82) is 0 Å². The maximum Gasteiger partial charge on any atom is 3.00 e. The Bertz CT molecular complexity index is 148. The van der Waals surface area contributed by atoms with Gasteiger partial charge < -0.3 is 22.6 Å². The molecule has 0 aliphatic heterocycles. The van der Waals surface area contributed by atoms with Crippen molar-refractivity contribution in [3.63, 3.8) is 0 Å². The van der Waals surface area contributed by atoms with Gasteiger partial charge in [0.05, 0.1) is 0 Å². The first-order valence-electron chi connectivity index (χ1n) is 3.70. The van der Waals surface area contributed by atoms with Crippen molar-refractivity contribution < 1.29 is 26.2 Å². The molecule has 1 radical (unpaired) electrons. The molecule has 2 rings (SSSR count). The van der Waals surface area contributed by atoms with E-state index in [1.807, 2.05) is 46.9 Å². The van der Waals surface area contributed by atoms with Gasteiger partial charge in [0.1, 0.15) is 0 Å². The van der Waals surface area contributed by atoms with Crippen LogP contribution in [0.1, 0.15) is 12.8 Å². The summed E-state index contributed by atoms with van der Waals surface area (Å²) in [6.07, 6.45) is 20.0. The van der Waals surface area contributed by atoms with Gasteiger partial charge in [0.15, 0.2) is 0 Å². The fourth-order valence-corrected chi connectivity index (χ4v) is 0.680. The Morgan fingerprint density at radius 1 is 0.923 bits per heavy atom. The Morgan fingerprint density at radius 2 is 1.31 bits per heavy atom. The average Bonchev–Trinajstić information content (AvgIpc) is 2.87. The van der Waals surface area contributed by atoms with Crippen LogP contribution in [0.25, 0.3) is 0 Å². The van der Waals surface area contributed by atoms with Crippen LogP contribution in [0.5, 0.6) is 0 Å². The topological polar surface area (TPSA) is 0 Å². The van der Waals surface area contributed by atoms with Crippen LogP contribution in [0, 0.1) is 17.1 Å². The van der Waals surface area contributed by atoms with Gasteiger partial charge in [0, 0.05) is 0 Å². The minimum atomic E-state index is 0. The minimum absolute atomic E-state index is 0. The Hall–Kier alpha value is 0.573. The van der Waals surface area contributed by atoms with E-state index in [1.54, 1.807) is 0 Å². The van der Waals surface area contributed by atoms with Crippen molar-refractivity contribution >= 4 is 22.6 Å². The predicted molar refractivity (Wildman–Crippen MR) is 62.5 cm³/mol. The molecule has 0 aromatic rings. The number of allylic oxidation sites excluding steroid dienone is 8. The molecule has 0 bridgehead atoms. The van der Waals surface area contributed by atoms with Crippen LogP contribution in [-0.4, -0.2) is 0 Å². The van der Waals surface area contributed by atoms with Gasteiger partial charge in [-0.2, -0.15) is 12.2 Å². The minimum Gasteiger partial charge on any atom is -0.319 e. The van der Waals surface area contributed by atoms with E-state index in [-0.39, 0.29) is 26.2 Å². The second kappa shape index (κ2) is 15.1. The van der Waals surface area contributed by atoms with Gasteiger partial charge in [-0.15, -0.1) is 12.8 Å². The standard InChI is InChI=1S/2C5H5.CH2I.Zr/c2*1-2-4-5-3-1;1-2;/h2*1-3H,4H2;1H2;/q3*-1;+3. The summed E-state index contributed by atoms with van der Waals surface area (Å²) in [5.41, 5.74) is 0. The van der Waals surface area contributed by atoms with Crippen molar-refractivity contribution in [1.82, 2.24) is 0 Å². The van der Waals surface area contributed by atoms with E-state index in [2.05, 4.69) is 29.2 Å². The molecule has 0 atom stereocenters. The van der Waals surface area contributed by atoms with Crippen LogP contribution in [0.15, 0.2) is 36.5 Å². The maximum atomic E-state index is 3.22. The zero-order valence-corrected chi connectivity index (χ0v) is 12.1. The van der Waals surface area contributed by atoms with Gasteiger partial charge in [0.2, 0.25) is 0 Å². The zero-order valence-electron chi connectivity index (χ0n) is 7.46. The number of hydrogen-bond donors (Lipinski definition) is 0. The predicted octanol–water partition coefficient (Wildman–Crippen LogP) is 3.82. The van der Waals surface area contributed by atoms with Gasteiger partial charge in [-0.25, -0.2) is 24.3 Å². The summed E-state index contributed by atoms with van der Waals surface area (Å²) < 4.78 is 0. The first-order chi connectivity index (χ1) is 6.00. The summed E-state index contributed by atoms with van der Waals surface area (Å²) in [4.78, 5) is 3.22. The Balaban J connectivity index is 0. The number of hydrogen-bond acceptors (Lipinski definition) is 0. The monoisotopic (exact) mass is 361 g/mol. The third kappa shape index (κ3) is 12.6. The van der Waals surface area contributed by atoms with E-state index in [0.717, 1.165) is 12.8 Å². The molecular weight excluding hydrogens is 350 g/mol. The number of rotatable bonds is 0. The third-order valence-corrected chi connectivity index (χ3v) is 1.17. The van der Waals surface area contributed by atoms with Crippen LogP contribution in [0.3, 0.4) is 0 Å². The molecule has 0 aromatic carbocycles. The smallest absolute Gasteiger partial charge is 0.319 e. The van der Waals surface area contributed by atoms with Crippen LogP contribution in [0.4, 0.5) is 0 Å². The van der Waals surface area contributed by atoms with Crippen LogP contribution in [-0.2, 0) is 26.2 Å². The molecule has 13 heavy (non-hydrogen) atoms. The third-order valence-electron chi connectivity index (χ3n) is 1.17. The Labute approximate surface area is 114 Å². The van der Waals surface area contributed by atoms with Gasteiger partial charge in [-0.3, -0.25) is 17.1 Å². The van der Waals surface area contributed by atoms with Gasteiger partial charge in [0.25, 0.3) is 0 Å². The van der Waals surface area contributed by atoms with Crippen molar-refractivity contribution in [2.75, 3.05) is 0 Å². The molecule has 0 nitrogen and oxygen atoms in total. The normalized spacial score (nSPS) is 14.0. The van der Waals surface area contributed by atoms with Crippen molar-refractivity contribution in [2.45, 2.75) is 12.8 Å². The summed E-state index contributed by atoms with van der Waals surface area (Å²) in [5, 5.41) is 0. The van der Waals surface area contributed by atoms with Crippen molar-refractivity contribution in [2.24, 2.45) is 0 Å². The van der Waals surface area contributed by atoms with E-state index >= 15 is 0 Å². The fourth-order valence-electron chi connectivity index (χ4n) is 0.680. The zero-order chi connectivity index (χ0) is 9.07. The molecule has 0 unspecified atom stereocenters. The average molecular weight is 362 g/mol. The SMILES string of the molecule is [C-]1=CC=CC1.[C-]1=CC=CC1.[CH2-]I.[Zr+3]. The first-order valence-corrected chi connectivity index (χ1v) is 5.23. The molecule has 67 valence electrons. The van der Waals surface area contributed by atoms with Crippen molar-refractivity contribution in [3.05, 3.63) is 53.5 Å². The second-order valence-electron chi connectivity index (χ2n) is 2.01. The van der Waals surface area contributed by atoms with Gasteiger partial charge in [-0.1, -0.05) is 0 Å². The summed E-state index contributed by atoms with van der Waals surface area (Å²) in [6, 6.07) is 0. The molecule has 0 saturated heterocycles. The molecular formula is C11H12IZr. The Morgan fingerprint density at radius 3 is 1.38 bits per heavy atom. The van der Waals surface area contributed by atoms with Crippen LogP contribution >= 0.6 is 22.6 Å². The molecule has 2 heteroatoms. The largest absolute Gasteiger partial charge is 3.00 e. The molecule has 0 aromatic heterocycles. The molecule has 0 heterocycles. The molecule has 0 fully saturated rings. The summed E-state index contributed by atoms with van der Waals surface area (Å²) in [5.74, 6) is 0. The summed E-state index contributed by atoms with van der Waals surface area (Å²) in [7, 11) is 0. The van der Waals surface area contributed by atoms with E-state index in [4.69, 9.17) is 0 Å². The van der Waals surface area contributed by atoms with Crippen molar-refractivity contribution in [3.8, 4) is 0 Å². The first kappa shape index (κ1) is 16.0. The summed E-state index contributed by atoms with van der Waals surface area (Å²) >= 11 is 1.90. The Kier molecular flexibility index (Phi) is 18.6. The molecule has 0 spiro atoms. The van der Waals surface area contributed by atoms with E-state index < -0.39 is 0 Å². The fraction of sp³-hybridized carbons (Fsp3) is 0.182. The second-order valence-corrected chi connectivity index (χ2v) is 2.01. The quantitative estimate of drug-likeness (QED) is 0.454. The number of halogens is 1. The van der Waals surface area contributed by atoms with E-state index in [0.29, 0.717) is 0 Å². The van der Waals surface area contributed by atoms with Gasteiger partial charge >= 0.3 is 26.2 Å². The molecule has 0 saturated carbocycles. The van der Waals surface area contributed by atoms with E-state index in [1.165, 1.54) is 0 Å². The molecule has 2 aliphatic carbocycles. The van der Waals surface area contributed by atoms with Crippen LogP contribution < -0.4 is 0 Å². The van der Waals surface area contributed by atoms with Crippen LogP contribution in [0.2, 0.25) is 0 Å². The van der Waals surface area contributed by atoms with Gasteiger partial charge in [-0.05, 0) is 0 Å². The molecule has 0 N–H and O–H groups in total.